The first-order valence-corrected chi connectivity index (χ1v) is 7.47. The van der Waals surface area contributed by atoms with Crippen LogP contribution in [0.25, 0.3) is 10.9 Å². The fraction of sp³-hybridized carbons (Fsp3) is 0.526. The molecule has 1 aromatic heterocycles. The molecule has 0 saturated heterocycles. The maximum Gasteiger partial charge on any atom is 0.0734 e. The van der Waals surface area contributed by atoms with E-state index in [1.165, 1.54) is 16.6 Å². The van der Waals surface area contributed by atoms with Crippen molar-refractivity contribution >= 4 is 10.9 Å². The van der Waals surface area contributed by atoms with Crippen LogP contribution in [0.2, 0.25) is 0 Å². The zero-order valence-corrected chi connectivity index (χ0v) is 13.9. The van der Waals surface area contributed by atoms with Gasteiger partial charge in [-0.15, -0.1) is 0 Å². The van der Waals surface area contributed by atoms with Crippen LogP contribution >= 0.6 is 0 Å². The summed E-state index contributed by atoms with van der Waals surface area (Å²) in [6.07, 6.45) is 0. The fourth-order valence-corrected chi connectivity index (χ4v) is 3.66. The van der Waals surface area contributed by atoms with Gasteiger partial charge in [0.25, 0.3) is 0 Å². The van der Waals surface area contributed by atoms with Gasteiger partial charge >= 0.3 is 0 Å². The van der Waals surface area contributed by atoms with Crippen molar-refractivity contribution in [3.8, 4) is 0 Å². The SMILES string of the molecule is Cc1cccc2ccc(C(C(C)(C)C)C(C)(C)C)nc12. The molecule has 108 valence electrons. The largest absolute Gasteiger partial charge is 0.252 e. The van der Waals surface area contributed by atoms with Crippen LogP contribution in [0.4, 0.5) is 0 Å². The number of hydrogen-bond donors (Lipinski definition) is 0. The van der Waals surface area contributed by atoms with Gasteiger partial charge in [-0.05, 0) is 29.4 Å². The molecule has 0 amide bonds. The molecular weight excluding hydrogens is 242 g/mol. The van der Waals surface area contributed by atoms with Crippen LogP contribution in [0, 0.1) is 17.8 Å². The Balaban J connectivity index is 2.64. The molecule has 0 unspecified atom stereocenters. The van der Waals surface area contributed by atoms with Crippen LogP contribution in [0.15, 0.2) is 30.3 Å². The molecule has 2 rings (SSSR count). The first kappa shape index (κ1) is 15.0. The second kappa shape index (κ2) is 4.87. The number of aromatic nitrogens is 1. The fourth-order valence-electron chi connectivity index (χ4n) is 3.66. The van der Waals surface area contributed by atoms with Crippen LogP contribution in [0.1, 0.15) is 58.7 Å². The van der Waals surface area contributed by atoms with E-state index in [4.69, 9.17) is 4.98 Å². The normalized spacial score (nSPS) is 13.2. The zero-order chi connectivity index (χ0) is 15.1. The van der Waals surface area contributed by atoms with Gasteiger partial charge in [-0.2, -0.15) is 0 Å². The third-order valence-electron chi connectivity index (χ3n) is 3.97. The minimum absolute atomic E-state index is 0.196. The number of hydrogen-bond acceptors (Lipinski definition) is 1. The molecule has 0 radical (unpaired) electrons. The molecule has 0 fully saturated rings. The Labute approximate surface area is 123 Å². The third kappa shape index (κ3) is 2.87. The molecule has 0 N–H and O–H groups in total. The summed E-state index contributed by atoms with van der Waals surface area (Å²) >= 11 is 0. The minimum Gasteiger partial charge on any atom is -0.252 e. The Morgan fingerprint density at radius 2 is 1.45 bits per heavy atom. The Morgan fingerprint density at radius 3 is 2.00 bits per heavy atom. The van der Waals surface area contributed by atoms with Crippen LogP contribution in [-0.2, 0) is 0 Å². The Bertz CT molecular complexity index is 598. The van der Waals surface area contributed by atoms with Crippen LogP contribution in [0.3, 0.4) is 0 Å². The molecule has 1 heteroatoms. The summed E-state index contributed by atoms with van der Waals surface area (Å²) in [5.74, 6) is 0.430. The highest BCUT2D eigenvalue weighted by molar-refractivity contribution is 5.81. The molecule has 0 aliphatic carbocycles. The topological polar surface area (TPSA) is 12.9 Å². The summed E-state index contributed by atoms with van der Waals surface area (Å²) in [6, 6.07) is 10.8. The lowest BCUT2D eigenvalue weighted by molar-refractivity contribution is 0.172. The van der Waals surface area contributed by atoms with Gasteiger partial charge in [0, 0.05) is 17.0 Å². The number of aryl methyl sites for hydroxylation is 1. The van der Waals surface area contributed by atoms with E-state index in [2.05, 4.69) is 78.8 Å². The summed E-state index contributed by atoms with van der Waals surface area (Å²) in [4.78, 5) is 5.01. The minimum atomic E-state index is 0.196. The summed E-state index contributed by atoms with van der Waals surface area (Å²) in [5.41, 5.74) is 4.00. The van der Waals surface area contributed by atoms with E-state index in [1.54, 1.807) is 0 Å². The maximum atomic E-state index is 5.01. The van der Waals surface area contributed by atoms with Crippen molar-refractivity contribution in [2.45, 2.75) is 54.4 Å². The second-order valence-corrected chi connectivity index (χ2v) is 8.05. The number of para-hydroxylation sites is 1. The van der Waals surface area contributed by atoms with Crippen molar-refractivity contribution in [2.24, 2.45) is 10.8 Å². The van der Waals surface area contributed by atoms with Crippen molar-refractivity contribution in [2.75, 3.05) is 0 Å². The van der Waals surface area contributed by atoms with E-state index < -0.39 is 0 Å². The lowest BCUT2D eigenvalue weighted by Gasteiger charge is -2.40. The zero-order valence-electron chi connectivity index (χ0n) is 13.9. The Morgan fingerprint density at radius 1 is 0.850 bits per heavy atom. The first-order chi connectivity index (χ1) is 9.10. The summed E-state index contributed by atoms with van der Waals surface area (Å²) in [7, 11) is 0. The van der Waals surface area contributed by atoms with Crippen molar-refractivity contribution in [1.82, 2.24) is 4.98 Å². The molecule has 0 saturated carbocycles. The molecule has 1 heterocycles. The maximum absolute atomic E-state index is 5.01. The second-order valence-electron chi connectivity index (χ2n) is 8.05. The number of benzene rings is 1. The van der Waals surface area contributed by atoms with Gasteiger partial charge < -0.3 is 0 Å². The van der Waals surface area contributed by atoms with Crippen molar-refractivity contribution in [3.63, 3.8) is 0 Å². The predicted octanol–water partition coefficient (Wildman–Crippen LogP) is 5.72. The third-order valence-corrected chi connectivity index (χ3v) is 3.97. The molecule has 0 aliphatic heterocycles. The standard InChI is InChI=1S/C19H27N/c1-13-9-8-10-14-11-12-15(20-16(13)14)17(18(2,3)4)19(5,6)7/h8-12,17H,1-7H3. The average Bonchev–Trinajstić information content (AvgIpc) is 2.26. The molecule has 0 aliphatic rings. The number of pyridine rings is 1. The quantitative estimate of drug-likeness (QED) is 0.645. The molecule has 1 nitrogen and oxygen atoms in total. The number of fused-ring (bicyclic) bond motifs is 1. The summed E-state index contributed by atoms with van der Waals surface area (Å²) < 4.78 is 0. The van der Waals surface area contributed by atoms with Gasteiger partial charge in [0.05, 0.1) is 5.52 Å². The highest BCUT2D eigenvalue weighted by Crippen LogP contribution is 2.46. The van der Waals surface area contributed by atoms with Crippen molar-refractivity contribution in [3.05, 3.63) is 41.6 Å². The highest BCUT2D eigenvalue weighted by atomic mass is 14.7. The monoisotopic (exact) mass is 269 g/mol. The van der Waals surface area contributed by atoms with Crippen molar-refractivity contribution < 1.29 is 0 Å². The van der Waals surface area contributed by atoms with Crippen LogP contribution in [-0.4, -0.2) is 4.98 Å². The number of rotatable bonds is 1. The van der Waals surface area contributed by atoms with Crippen LogP contribution in [0.5, 0.6) is 0 Å². The number of nitrogens with zero attached hydrogens (tertiary/aromatic N) is 1. The van der Waals surface area contributed by atoms with Gasteiger partial charge in [-0.1, -0.05) is 65.8 Å². The molecule has 0 atom stereocenters. The van der Waals surface area contributed by atoms with E-state index in [1.807, 2.05) is 0 Å². The Kier molecular flexibility index (Phi) is 3.66. The lowest BCUT2D eigenvalue weighted by Crippen LogP contribution is -2.31. The van der Waals surface area contributed by atoms with Gasteiger partial charge in [0.2, 0.25) is 0 Å². The average molecular weight is 269 g/mol. The molecule has 2 aromatic rings. The smallest absolute Gasteiger partial charge is 0.0734 e. The van der Waals surface area contributed by atoms with Gasteiger partial charge in [-0.3, -0.25) is 4.98 Å². The van der Waals surface area contributed by atoms with Gasteiger partial charge in [0.1, 0.15) is 0 Å². The molecule has 0 bridgehead atoms. The molecule has 1 aromatic carbocycles. The molecule has 0 spiro atoms. The molecule has 20 heavy (non-hydrogen) atoms. The Hall–Kier alpha value is -1.37. The summed E-state index contributed by atoms with van der Waals surface area (Å²) in [6.45, 7) is 16.0. The van der Waals surface area contributed by atoms with Crippen LogP contribution < -0.4 is 0 Å². The van der Waals surface area contributed by atoms with Crippen molar-refractivity contribution in [1.29, 1.82) is 0 Å². The first-order valence-electron chi connectivity index (χ1n) is 7.47. The summed E-state index contributed by atoms with van der Waals surface area (Å²) in [5, 5.41) is 1.23. The predicted molar refractivity (Wildman–Crippen MR) is 88.1 cm³/mol. The van der Waals surface area contributed by atoms with Gasteiger partial charge in [-0.25, -0.2) is 0 Å². The van der Waals surface area contributed by atoms with E-state index in [0.29, 0.717) is 5.92 Å². The van der Waals surface area contributed by atoms with E-state index in [-0.39, 0.29) is 10.8 Å². The van der Waals surface area contributed by atoms with Gasteiger partial charge in [0.15, 0.2) is 0 Å². The van der Waals surface area contributed by atoms with E-state index in [0.717, 1.165) is 5.52 Å². The van der Waals surface area contributed by atoms with E-state index >= 15 is 0 Å². The highest BCUT2D eigenvalue weighted by Gasteiger charge is 2.37. The van der Waals surface area contributed by atoms with E-state index in [9.17, 15) is 0 Å². The lowest BCUT2D eigenvalue weighted by atomic mass is 9.65. The molecular formula is C19H27N.